The van der Waals surface area contributed by atoms with Gasteiger partial charge in [-0.2, -0.15) is 0 Å². The molecule has 0 aliphatic carbocycles. The Balaban J connectivity index is 1.34. The molecule has 2 aromatic heterocycles. The van der Waals surface area contributed by atoms with E-state index in [9.17, 15) is 9.59 Å². The molecule has 0 saturated carbocycles. The van der Waals surface area contributed by atoms with E-state index in [4.69, 9.17) is 9.47 Å². The van der Waals surface area contributed by atoms with Gasteiger partial charge in [0.25, 0.3) is 5.91 Å². The molecule has 0 bridgehead atoms. The molecule has 0 unspecified atom stereocenters. The number of carbonyl (C=O) groups is 2. The lowest BCUT2D eigenvalue weighted by Gasteiger charge is -2.35. The maximum atomic E-state index is 12.7. The quantitative estimate of drug-likeness (QED) is 0.529. The maximum absolute atomic E-state index is 12.7. The minimum Gasteiger partial charge on any atom is -0.382 e. The molecule has 1 saturated heterocycles. The summed E-state index contributed by atoms with van der Waals surface area (Å²) >= 11 is 1.36. The van der Waals surface area contributed by atoms with Gasteiger partial charge < -0.3 is 19.3 Å². The Bertz CT molecular complexity index is 1090. The summed E-state index contributed by atoms with van der Waals surface area (Å²) in [5.74, 6) is -0.216. The Hall–Kier alpha value is -3.15. The number of carbonyl (C=O) groups excluding carboxylic acids is 2. The van der Waals surface area contributed by atoms with E-state index < -0.39 is 0 Å². The number of rotatable bonds is 9. The second-order valence-corrected chi connectivity index (χ2v) is 9.03. The van der Waals surface area contributed by atoms with E-state index in [-0.39, 0.29) is 11.8 Å². The van der Waals surface area contributed by atoms with E-state index in [1.807, 2.05) is 16.3 Å². The van der Waals surface area contributed by atoms with Crippen LogP contribution in [0.2, 0.25) is 0 Å². The number of thiazole rings is 1. The first-order valence-corrected chi connectivity index (χ1v) is 12.5. The Morgan fingerprint density at radius 1 is 1.17 bits per heavy atom. The summed E-state index contributed by atoms with van der Waals surface area (Å²) in [4.78, 5) is 41.8. The molecule has 2 aromatic rings. The number of nitrogens with one attached hydrogen (secondary N) is 1. The highest BCUT2D eigenvalue weighted by Gasteiger charge is 2.20. The third kappa shape index (κ3) is 6.50. The fourth-order valence-corrected chi connectivity index (χ4v) is 4.61. The number of hydrogen-bond acceptors (Lipinski definition) is 9. The number of anilines is 2. The molecule has 0 atom stereocenters. The lowest BCUT2D eigenvalue weighted by atomic mass is 10.0. The molecule has 2 aliphatic heterocycles. The van der Waals surface area contributed by atoms with Crippen molar-refractivity contribution in [3.8, 4) is 0 Å². The van der Waals surface area contributed by atoms with Crippen molar-refractivity contribution in [3.63, 3.8) is 0 Å². The monoisotopic (exact) mass is 498 g/mol. The molecule has 1 N–H and O–H groups in total. The van der Waals surface area contributed by atoms with Crippen molar-refractivity contribution >= 4 is 45.3 Å². The van der Waals surface area contributed by atoms with E-state index in [1.165, 1.54) is 11.3 Å². The zero-order chi connectivity index (χ0) is 24.6. The first-order chi connectivity index (χ1) is 17.0. The van der Waals surface area contributed by atoms with E-state index >= 15 is 0 Å². The van der Waals surface area contributed by atoms with Gasteiger partial charge in [0.15, 0.2) is 5.13 Å². The third-order valence-electron chi connectivity index (χ3n) is 5.83. The van der Waals surface area contributed by atoms with Gasteiger partial charge in [0.1, 0.15) is 5.69 Å². The van der Waals surface area contributed by atoms with Crippen LogP contribution in [0.1, 0.15) is 29.5 Å². The summed E-state index contributed by atoms with van der Waals surface area (Å²) in [6, 6.07) is 3.60. The van der Waals surface area contributed by atoms with Crippen molar-refractivity contribution in [2.24, 2.45) is 4.99 Å². The summed E-state index contributed by atoms with van der Waals surface area (Å²) < 4.78 is 10.7. The highest BCUT2D eigenvalue weighted by atomic mass is 32.1. The van der Waals surface area contributed by atoms with Gasteiger partial charge in [-0.25, -0.2) is 9.97 Å². The smallest absolute Gasteiger partial charge is 0.276 e. The first kappa shape index (κ1) is 25.0. The average Bonchev–Trinajstić information content (AvgIpc) is 3.35. The molecule has 0 radical (unpaired) electrons. The summed E-state index contributed by atoms with van der Waals surface area (Å²) in [6.07, 6.45) is 4.65. The number of ether oxygens (including phenoxy) is 2. The predicted molar refractivity (Wildman–Crippen MR) is 136 cm³/mol. The van der Waals surface area contributed by atoms with Crippen molar-refractivity contribution in [2.75, 3.05) is 69.9 Å². The molecule has 0 aromatic carbocycles. The van der Waals surface area contributed by atoms with Gasteiger partial charge >= 0.3 is 0 Å². The number of nitrogens with zero attached hydrogens (tertiary/aromatic N) is 5. The van der Waals surface area contributed by atoms with Crippen molar-refractivity contribution in [1.82, 2.24) is 14.9 Å². The SMILES string of the molecule is COCCOCC1=NCCC=C1c1csc(NC(=O)c2ccc(N3CCN(C(C)=O)CC3)cn2)n1. The van der Waals surface area contributed by atoms with Crippen LogP contribution in [0.25, 0.3) is 5.57 Å². The van der Waals surface area contributed by atoms with Crippen molar-refractivity contribution in [1.29, 1.82) is 0 Å². The van der Waals surface area contributed by atoms with Crippen molar-refractivity contribution in [2.45, 2.75) is 13.3 Å². The second-order valence-electron chi connectivity index (χ2n) is 8.17. The largest absolute Gasteiger partial charge is 0.382 e. The molecule has 2 aliphatic rings. The lowest BCUT2D eigenvalue weighted by Crippen LogP contribution is -2.48. The molecule has 4 heterocycles. The predicted octanol–water partition coefficient (Wildman–Crippen LogP) is 2.35. The van der Waals surface area contributed by atoms with Crippen molar-refractivity contribution < 1.29 is 19.1 Å². The lowest BCUT2D eigenvalue weighted by molar-refractivity contribution is -0.129. The van der Waals surface area contributed by atoms with Gasteiger partial charge in [-0.1, -0.05) is 6.08 Å². The van der Waals surface area contributed by atoms with Gasteiger partial charge in [0.05, 0.1) is 43.1 Å². The van der Waals surface area contributed by atoms with Gasteiger partial charge in [0.2, 0.25) is 5.91 Å². The van der Waals surface area contributed by atoms with E-state index in [1.54, 1.807) is 26.3 Å². The van der Waals surface area contributed by atoms with Gasteiger partial charge in [-0.15, -0.1) is 11.3 Å². The summed E-state index contributed by atoms with van der Waals surface area (Å²) in [6.45, 7) is 6.61. The van der Waals surface area contributed by atoms with Crippen LogP contribution in [0.3, 0.4) is 0 Å². The fourth-order valence-electron chi connectivity index (χ4n) is 3.90. The molecule has 0 spiro atoms. The van der Waals surface area contributed by atoms with Crippen LogP contribution in [0.4, 0.5) is 10.8 Å². The third-order valence-corrected chi connectivity index (χ3v) is 6.59. The highest BCUT2D eigenvalue weighted by molar-refractivity contribution is 7.14. The Morgan fingerprint density at radius 2 is 2.00 bits per heavy atom. The number of pyridine rings is 1. The van der Waals surface area contributed by atoms with Crippen LogP contribution in [-0.4, -0.2) is 92.0 Å². The van der Waals surface area contributed by atoms with Gasteiger partial charge in [-0.05, 0) is 18.6 Å². The molecular weight excluding hydrogens is 468 g/mol. The average molecular weight is 499 g/mol. The second kappa shape index (κ2) is 12.0. The van der Waals surface area contributed by atoms with Crippen LogP contribution >= 0.6 is 11.3 Å². The highest BCUT2D eigenvalue weighted by Crippen LogP contribution is 2.26. The summed E-state index contributed by atoms with van der Waals surface area (Å²) in [5.41, 5.74) is 3.82. The molecular formula is C24H30N6O4S. The van der Waals surface area contributed by atoms with E-state index in [0.717, 1.165) is 48.7 Å². The maximum Gasteiger partial charge on any atom is 0.276 e. The van der Waals surface area contributed by atoms with E-state index in [2.05, 4.69) is 31.3 Å². The van der Waals surface area contributed by atoms with Crippen LogP contribution in [0, 0.1) is 0 Å². The first-order valence-electron chi connectivity index (χ1n) is 11.6. The number of piperazine rings is 1. The molecule has 186 valence electrons. The van der Waals surface area contributed by atoms with Crippen LogP contribution < -0.4 is 10.2 Å². The molecule has 4 rings (SSSR count). The van der Waals surface area contributed by atoms with Crippen LogP contribution in [-0.2, 0) is 14.3 Å². The standard InChI is InChI=1S/C24H30N6O4S/c1-17(31)29-8-10-30(11-9-29)18-5-6-20(26-14-18)23(32)28-24-27-22(16-35-24)19-4-3-7-25-21(19)15-34-13-12-33-2/h4-6,14,16H,3,7-13,15H2,1-2H3,(H,27,28,32). The zero-order valence-electron chi connectivity index (χ0n) is 20.0. The van der Waals surface area contributed by atoms with Gasteiger partial charge in [0, 0.05) is 57.7 Å². The molecule has 35 heavy (non-hydrogen) atoms. The molecule has 2 amide bonds. The number of aromatic nitrogens is 2. The van der Waals surface area contributed by atoms with Crippen LogP contribution in [0.5, 0.6) is 0 Å². The normalized spacial score (nSPS) is 16.1. The summed E-state index contributed by atoms with van der Waals surface area (Å²) in [5, 5.41) is 5.26. The van der Waals surface area contributed by atoms with Crippen LogP contribution in [0.15, 0.2) is 34.8 Å². The number of amides is 2. The fraction of sp³-hybridized carbons (Fsp3) is 0.458. The minimum atomic E-state index is -0.312. The Labute approximate surface area is 208 Å². The summed E-state index contributed by atoms with van der Waals surface area (Å²) in [7, 11) is 1.64. The number of aliphatic imine (C=N–C) groups is 1. The van der Waals surface area contributed by atoms with Crippen molar-refractivity contribution in [3.05, 3.63) is 41.2 Å². The topological polar surface area (TPSA) is 109 Å². The number of methoxy groups -OCH3 is 1. The minimum absolute atomic E-state index is 0.0961. The number of hydrogen-bond donors (Lipinski definition) is 1. The Kier molecular flexibility index (Phi) is 8.56. The molecule has 1 fully saturated rings. The van der Waals surface area contributed by atoms with E-state index in [0.29, 0.717) is 43.7 Å². The number of dihydropyridines is 1. The molecule has 10 nitrogen and oxygen atoms in total. The Morgan fingerprint density at radius 3 is 2.71 bits per heavy atom. The van der Waals surface area contributed by atoms with Gasteiger partial charge in [-0.3, -0.25) is 19.9 Å². The zero-order valence-corrected chi connectivity index (χ0v) is 20.8. The molecule has 11 heteroatoms.